The molecule has 0 unspecified atom stereocenters. The van der Waals surface area contributed by atoms with Crippen molar-refractivity contribution >= 4 is 39.7 Å². The van der Waals surface area contributed by atoms with Gasteiger partial charge in [-0.2, -0.15) is 0 Å². The van der Waals surface area contributed by atoms with E-state index in [1.54, 1.807) is 25.1 Å². The molecule has 1 heterocycles. The highest BCUT2D eigenvalue weighted by Gasteiger charge is 2.85. The van der Waals surface area contributed by atoms with Crippen LogP contribution in [0, 0.1) is 33.0 Å². The van der Waals surface area contributed by atoms with Crippen LogP contribution in [0.15, 0.2) is 12.7 Å². The molecule has 0 aromatic rings. The first-order chi connectivity index (χ1) is 22.8. The molecule has 1 aliphatic heterocycles. The molecule has 5 fully saturated rings. The molecule has 0 bridgehead atoms. The summed E-state index contributed by atoms with van der Waals surface area (Å²) in [5.74, 6) is -2.72. The Hall–Kier alpha value is -3.16. The predicted octanol–water partition coefficient (Wildman–Crippen LogP) is 2.67. The molecule has 280 valence electrons. The molecule has 5 aliphatic rings. The molecule has 0 radical (unpaired) electrons. The van der Waals surface area contributed by atoms with Crippen LogP contribution in [0.5, 0.6) is 0 Å². The van der Waals surface area contributed by atoms with Crippen molar-refractivity contribution in [1.29, 1.82) is 0 Å². The molecule has 4 aliphatic carbocycles. The molecule has 50 heavy (non-hydrogen) atoms. The lowest BCUT2D eigenvalue weighted by molar-refractivity contribution is -0.145. The normalized spacial score (nSPS) is 30.4. The maximum absolute atomic E-state index is 14.9. The van der Waals surface area contributed by atoms with Gasteiger partial charge in [-0.25, -0.2) is 13.2 Å². The van der Waals surface area contributed by atoms with Gasteiger partial charge in [0.2, 0.25) is 27.7 Å². The van der Waals surface area contributed by atoms with E-state index in [1.807, 2.05) is 41.5 Å². The Morgan fingerprint density at radius 1 is 0.900 bits per heavy atom. The van der Waals surface area contributed by atoms with Gasteiger partial charge < -0.3 is 25.8 Å². The molecule has 0 aromatic heterocycles. The number of hydrogen-bond acceptors (Lipinski definition) is 7. The second-order valence-electron chi connectivity index (χ2n) is 18.5. The standard InChI is InChI=1S/C36H58N6O7S/c1-12-21-18-36(21,29(46)40-50(48,49)22-14-15-22)39-26(43)23-19-35(33(8,9)34(35)16-13-17-34)20-42(23)28(45)25(32(5,6)7)37-27(44)24(31(2,3)4)38-30(47)41(10)11/h12,21-25H,1,13-20H2,2-11H3,(H,37,44)(H,38,47)(H,39,43)(H,40,46)/t21-,23+,24-,25-,35-,36-/m1/s1. The Balaban J connectivity index is 1.45. The summed E-state index contributed by atoms with van der Waals surface area (Å²) in [6, 6.07) is -3.41. The zero-order chi connectivity index (χ0) is 37.6. The lowest BCUT2D eigenvalue weighted by Crippen LogP contribution is -2.63. The Morgan fingerprint density at radius 3 is 1.90 bits per heavy atom. The van der Waals surface area contributed by atoms with Crippen LogP contribution in [0.3, 0.4) is 0 Å². The van der Waals surface area contributed by atoms with Gasteiger partial charge in [-0.15, -0.1) is 6.58 Å². The fourth-order valence-corrected chi connectivity index (χ4v) is 10.4. The van der Waals surface area contributed by atoms with E-state index in [1.165, 1.54) is 4.90 Å². The van der Waals surface area contributed by atoms with Crippen LogP contribution in [0.2, 0.25) is 0 Å². The molecular formula is C36H58N6O7S. The number of nitrogens with zero attached hydrogens (tertiary/aromatic N) is 2. The highest BCUT2D eigenvalue weighted by molar-refractivity contribution is 7.91. The first kappa shape index (κ1) is 38.1. The van der Waals surface area contributed by atoms with Gasteiger partial charge in [-0.05, 0) is 60.2 Å². The van der Waals surface area contributed by atoms with Crippen molar-refractivity contribution in [3.63, 3.8) is 0 Å². The lowest BCUT2D eigenvalue weighted by Gasteiger charge is -2.38. The molecule has 5 rings (SSSR count). The number of amides is 6. The number of nitrogens with one attached hydrogen (secondary N) is 4. The SMILES string of the molecule is C=C[C@@H]1C[C@]1(NC(=O)[C@@H]1C[C@@]2(CN1C(=O)[C@@H](NC(=O)[C@@H](NC(=O)N(C)C)C(C)(C)C)C(C)(C)C)C(C)(C)C21CCC1)C(=O)NS(=O)(=O)C1CC1. The van der Waals surface area contributed by atoms with Crippen molar-refractivity contribution in [3.8, 4) is 0 Å². The third kappa shape index (κ3) is 6.00. The fourth-order valence-electron chi connectivity index (χ4n) is 9.05. The minimum atomic E-state index is -3.86. The summed E-state index contributed by atoms with van der Waals surface area (Å²) in [5, 5.41) is 8.03. The predicted molar refractivity (Wildman–Crippen MR) is 189 cm³/mol. The number of hydrogen-bond donors (Lipinski definition) is 4. The van der Waals surface area contributed by atoms with Crippen LogP contribution in [-0.4, -0.2) is 97.4 Å². The van der Waals surface area contributed by atoms with E-state index in [0.717, 1.165) is 19.3 Å². The topological polar surface area (TPSA) is 174 Å². The van der Waals surface area contributed by atoms with E-state index >= 15 is 0 Å². The molecular weight excluding hydrogens is 660 g/mol. The molecule has 6 amide bonds. The average Bonchev–Trinajstić information content (AvgIpc) is 3.90. The second kappa shape index (κ2) is 11.9. The van der Waals surface area contributed by atoms with Crippen molar-refractivity contribution in [1.82, 2.24) is 30.5 Å². The summed E-state index contributed by atoms with van der Waals surface area (Å²) in [6.07, 6.45) is 6.17. The smallest absolute Gasteiger partial charge is 0.317 e. The maximum Gasteiger partial charge on any atom is 0.317 e. The van der Waals surface area contributed by atoms with Gasteiger partial charge in [0.25, 0.3) is 5.91 Å². The van der Waals surface area contributed by atoms with Crippen LogP contribution >= 0.6 is 0 Å². The average molecular weight is 719 g/mol. The first-order valence-electron chi connectivity index (χ1n) is 17.9. The van der Waals surface area contributed by atoms with Gasteiger partial charge in [0, 0.05) is 32.0 Å². The molecule has 4 N–H and O–H groups in total. The summed E-state index contributed by atoms with van der Waals surface area (Å²) >= 11 is 0. The van der Waals surface area contributed by atoms with E-state index in [2.05, 4.69) is 41.1 Å². The van der Waals surface area contributed by atoms with Crippen LogP contribution < -0.4 is 20.7 Å². The number of likely N-dealkylation sites (tertiary alicyclic amines) is 1. The Bertz CT molecular complexity index is 1590. The Labute approximate surface area is 297 Å². The number of urea groups is 1. The molecule has 1 saturated heterocycles. The Morgan fingerprint density at radius 2 is 1.48 bits per heavy atom. The molecule has 6 atom stereocenters. The number of carbonyl (C=O) groups excluding carboxylic acids is 5. The van der Waals surface area contributed by atoms with Crippen LogP contribution in [-0.2, 0) is 29.2 Å². The minimum absolute atomic E-state index is 0.0154. The molecule has 14 heteroatoms. The maximum atomic E-state index is 14.9. The van der Waals surface area contributed by atoms with E-state index in [9.17, 15) is 32.4 Å². The monoisotopic (exact) mass is 718 g/mol. The second-order valence-corrected chi connectivity index (χ2v) is 20.4. The van der Waals surface area contributed by atoms with Crippen molar-refractivity contribution in [2.24, 2.45) is 33.0 Å². The molecule has 2 spiro atoms. The van der Waals surface area contributed by atoms with Gasteiger partial charge >= 0.3 is 6.03 Å². The summed E-state index contributed by atoms with van der Waals surface area (Å²) in [5.41, 5.74) is -3.45. The molecule has 0 aromatic carbocycles. The largest absolute Gasteiger partial charge is 0.342 e. The van der Waals surface area contributed by atoms with Gasteiger partial charge in [0.05, 0.1) is 5.25 Å². The van der Waals surface area contributed by atoms with Crippen LogP contribution in [0.4, 0.5) is 4.79 Å². The summed E-state index contributed by atoms with van der Waals surface area (Å²) in [7, 11) is -0.705. The number of rotatable bonds is 10. The zero-order valence-electron chi connectivity index (χ0n) is 31.5. The van der Waals surface area contributed by atoms with Gasteiger partial charge in [-0.3, -0.25) is 23.9 Å². The first-order valence-corrected chi connectivity index (χ1v) is 19.5. The van der Waals surface area contributed by atoms with Crippen LogP contribution in [0.25, 0.3) is 0 Å². The van der Waals surface area contributed by atoms with Crippen molar-refractivity contribution in [3.05, 3.63) is 12.7 Å². The minimum Gasteiger partial charge on any atom is -0.342 e. The van der Waals surface area contributed by atoms with Gasteiger partial charge in [0.15, 0.2) is 0 Å². The summed E-state index contributed by atoms with van der Waals surface area (Å²) in [6.45, 7) is 19.5. The lowest BCUT2D eigenvalue weighted by atomic mass is 9.73. The molecule has 4 saturated carbocycles. The molecule has 13 nitrogen and oxygen atoms in total. The summed E-state index contributed by atoms with van der Waals surface area (Å²) < 4.78 is 27.6. The van der Waals surface area contributed by atoms with E-state index in [0.29, 0.717) is 25.8 Å². The van der Waals surface area contributed by atoms with Crippen molar-refractivity contribution in [2.45, 2.75) is 129 Å². The third-order valence-electron chi connectivity index (χ3n) is 12.8. The fraction of sp³-hybridized carbons (Fsp3) is 0.806. The summed E-state index contributed by atoms with van der Waals surface area (Å²) in [4.78, 5) is 72.4. The van der Waals surface area contributed by atoms with Gasteiger partial charge in [0.1, 0.15) is 23.7 Å². The number of sulfonamides is 1. The third-order valence-corrected chi connectivity index (χ3v) is 14.7. The van der Waals surface area contributed by atoms with E-state index in [-0.39, 0.29) is 22.7 Å². The van der Waals surface area contributed by atoms with E-state index < -0.39 is 85.3 Å². The van der Waals surface area contributed by atoms with Crippen LogP contribution in [0.1, 0.15) is 100 Å². The highest BCUT2D eigenvalue weighted by Crippen LogP contribution is 2.88. The van der Waals surface area contributed by atoms with Gasteiger partial charge in [-0.1, -0.05) is 67.9 Å². The highest BCUT2D eigenvalue weighted by atomic mass is 32.2. The van der Waals surface area contributed by atoms with Crippen molar-refractivity contribution in [2.75, 3.05) is 20.6 Å². The number of fused-ring (bicyclic) bond motifs is 1. The zero-order valence-corrected chi connectivity index (χ0v) is 32.3. The van der Waals surface area contributed by atoms with E-state index in [4.69, 9.17) is 0 Å². The quantitative estimate of drug-likeness (QED) is 0.251. The van der Waals surface area contributed by atoms with Crippen molar-refractivity contribution < 1.29 is 32.4 Å². The number of carbonyl (C=O) groups is 5. The Kier molecular flexibility index (Phi) is 9.10.